The number of phenolic OH excluding ortho intramolecular Hbond substituents is 1. The van der Waals surface area contributed by atoms with Crippen LogP contribution in [0.25, 0.3) is 0 Å². The highest BCUT2D eigenvalue weighted by atomic mass is 35.5. The number of amides is 1. The Kier molecular flexibility index (Phi) is 5.83. The van der Waals surface area contributed by atoms with E-state index < -0.39 is 5.91 Å². The number of nitrogens with zero attached hydrogens (tertiary/aromatic N) is 1. The van der Waals surface area contributed by atoms with Gasteiger partial charge in [-0.25, -0.2) is 0 Å². The first kappa shape index (κ1) is 17.4. The Morgan fingerprint density at radius 3 is 2.62 bits per heavy atom. The van der Waals surface area contributed by atoms with Crippen LogP contribution in [0.1, 0.15) is 11.1 Å². The molecule has 1 amide bonds. The van der Waals surface area contributed by atoms with E-state index in [9.17, 15) is 9.90 Å². The SMILES string of the molecule is Cc1cc(O)ccc1N/C=C(/C#N)C(=O)NCc1ccc(Cl)cc1. The number of benzene rings is 2. The fourth-order valence-electron chi connectivity index (χ4n) is 1.99. The molecule has 5 nitrogen and oxygen atoms in total. The van der Waals surface area contributed by atoms with Crippen molar-refractivity contribution in [1.82, 2.24) is 5.32 Å². The summed E-state index contributed by atoms with van der Waals surface area (Å²) in [6.45, 7) is 2.11. The normalized spacial score (nSPS) is 10.8. The Hall–Kier alpha value is -2.97. The molecular weight excluding hydrogens is 326 g/mol. The number of hydrogen-bond acceptors (Lipinski definition) is 4. The molecule has 3 N–H and O–H groups in total. The van der Waals surface area contributed by atoms with Gasteiger partial charge in [-0.3, -0.25) is 4.79 Å². The third-order valence-corrected chi connectivity index (χ3v) is 3.57. The van der Waals surface area contributed by atoms with Crippen LogP contribution in [0.15, 0.2) is 54.2 Å². The van der Waals surface area contributed by atoms with Gasteiger partial charge in [0, 0.05) is 23.5 Å². The van der Waals surface area contributed by atoms with Crippen LogP contribution in [0.5, 0.6) is 5.75 Å². The first-order chi connectivity index (χ1) is 11.5. The van der Waals surface area contributed by atoms with Gasteiger partial charge in [-0.05, 0) is 48.4 Å². The van der Waals surface area contributed by atoms with Crippen LogP contribution >= 0.6 is 11.6 Å². The summed E-state index contributed by atoms with van der Waals surface area (Å²) in [4.78, 5) is 12.1. The molecule has 2 aromatic rings. The van der Waals surface area contributed by atoms with Crippen molar-refractivity contribution < 1.29 is 9.90 Å². The van der Waals surface area contributed by atoms with Crippen LogP contribution < -0.4 is 10.6 Å². The average Bonchev–Trinajstić information content (AvgIpc) is 2.56. The summed E-state index contributed by atoms with van der Waals surface area (Å²) in [6.07, 6.45) is 1.34. The molecule has 0 heterocycles. The van der Waals surface area contributed by atoms with E-state index in [1.54, 1.807) is 36.4 Å². The molecule has 0 unspecified atom stereocenters. The Labute approximate surface area is 145 Å². The topological polar surface area (TPSA) is 85.2 Å². The third kappa shape index (κ3) is 4.77. The van der Waals surface area contributed by atoms with Crippen molar-refractivity contribution in [3.63, 3.8) is 0 Å². The highest BCUT2D eigenvalue weighted by Crippen LogP contribution is 2.20. The van der Waals surface area contributed by atoms with Gasteiger partial charge in [0.15, 0.2) is 0 Å². The fourth-order valence-corrected chi connectivity index (χ4v) is 2.11. The lowest BCUT2D eigenvalue weighted by Gasteiger charge is -2.07. The highest BCUT2D eigenvalue weighted by molar-refractivity contribution is 6.30. The second-order valence-corrected chi connectivity index (χ2v) is 5.56. The van der Waals surface area contributed by atoms with Gasteiger partial charge < -0.3 is 15.7 Å². The zero-order chi connectivity index (χ0) is 17.5. The molecule has 0 bridgehead atoms. The molecule has 0 aromatic heterocycles. The molecule has 0 aliphatic carbocycles. The van der Waals surface area contributed by atoms with Crippen LogP contribution in [0.3, 0.4) is 0 Å². The Balaban J connectivity index is 2.00. The molecule has 122 valence electrons. The minimum absolute atomic E-state index is 0.0450. The second-order valence-electron chi connectivity index (χ2n) is 5.12. The minimum atomic E-state index is -0.476. The highest BCUT2D eigenvalue weighted by Gasteiger charge is 2.09. The van der Waals surface area contributed by atoms with Crippen molar-refractivity contribution in [2.24, 2.45) is 0 Å². The summed E-state index contributed by atoms with van der Waals surface area (Å²) in [6, 6.07) is 13.7. The fraction of sp³-hybridized carbons (Fsp3) is 0.111. The van der Waals surface area contributed by atoms with Gasteiger partial charge in [-0.2, -0.15) is 5.26 Å². The van der Waals surface area contributed by atoms with Crippen molar-refractivity contribution in [2.45, 2.75) is 13.5 Å². The van der Waals surface area contributed by atoms with E-state index in [0.29, 0.717) is 17.3 Å². The lowest BCUT2D eigenvalue weighted by Crippen LogP contribution is -2.24. The monoisotopic (exact) mass is 341 g/mol. The van der Waals surface area contributed by atoms with Gasteiger partial charge in [-0.15, -0.1) is 0 Å². The third-order valence-electron chi connectivity index (χ3n) is 3.31. The minimum Gasteiger partial charge on any atom is -0.508 e. The molecule has 24 heavy (non-hydrogen) atoms. The zero-order valence-corrected chi connectivity index (χ0v) is 13.8. The Morgan fingerprint density at radius 1 is 1.29 bits per heavy atom. The summed E-state index contributed by atoms with van der Waals surface area (Å²) in [5.41, 5.74) is 2.33. The zero-order valence-electron chi connectivity index (χ0n) is 13.0. The van der Waals surface area contributed by atoms with Crippen LogP contribution in [0, 0.1) is 18.3 Å². The molecule has 0 atom stereocenters. The van der Waals surface area contributed by atoms with Crippen molar-refractivity contribution in [3.8, 4) is 11.8 Å². The molecular formula is C18H16ClN3O2. The lowest BCUT2D eigenvalue weighted by molar-refractivity contribution is -0.117. The number of anilines is 1. The van der Waals surface area contributed by atoms with Gasteiger partial charge >= 0.3 is 0 Å². The molecule has 0 aliphatic rings. The van der Waals surface area contributed by atoms with Crippen molar-refractivity contribution in [1.29, 1.82) is 5.26 Å². The second kappa shape index (κ2) is 8.04. The average molecular weight is 342 g/mol. The summed E-state index contributed by atoms with van der Waals surface area (Å²) in [5.74, 6) is -0.320. The first-order valence-corrected chi connectivity index (χ1v) is 7.56. The van der Waals surface area contributed by atoms with Crippen LogP contribution in [-0.4, -0.2) is 11.0 Å². The van der Waals surface area contributed by atoms with Gasteiger partial charge in [0.25, 0.3) is 5.91 Å². The summed E-state index contributed by atoms with van der Waals surface area (Å²) >= 11 is 5.81. The number of phenols is 1. The van der Waals surface area contributed by atoms with Gasteiger partial charge in [0.1, 0.15) is 17.4 Å². The standard InChI is InChI=1S/C18H16ClN3O2/c1-12-8-16(23)6-7-17(12)21-11-14(9-20)18(24)22-10-13-2-4-15(19)5-3-13/h2-8,11,21,23H,10H2,1H3,(H,22,24)/b14-11-. The smallest absolute Gasteiger partial charge is 0.263 e. The molecule has 0 saturated heterocycles. The summed E-state index contributed by atoms with van der Waals surface area (Å²) in [7, 11) is 0. The number of halogens is 1. The lowest BCUT2D eigenvalue weighted by atomic mass is 10.2. The molecule has 0 saturated carbocycles. The first-order valence-electron chi connectivity index (χ1n) is 7.18. The van der Waals surface area contributed by atoms with Crippen molar-refractivity contribution >= 4 is 23.2 Å². The van der Waals surface area contributed by atoms with Crippen LogP contribution in [0.2, 0.25) is 5.02 Å². The summed E-state index contributed by atoms with van der Waals surface area (Å²) < 4.78 is 0. The number of carbonyl (C=O) groups is 1. The van der Waals surface area contributed by atoms with Crippen LogP contribution in [-0.2, 0) is 11.3 Å². The number of nitriles is 1. The molecule has 0 fully saturated rings. The quantitative estimate of drug-likeness (QED) is 0.441. The maximum atomic E-state index is 12.1. The van der Waals surface area contributed by atoms with E-state index in [1.165, 1.54) is 12.3 Å². The number of aromatic hydroxyl groups is 1. The van der Waals surface area contributed by atoms with E-state index in [-0.39, 0.29) is 11.3 Å². The Bertz CT molecular complexity index is 808. The van der Waals surface area contributed by atoms with E-state index in [0.717, 1.165) is 11.1 Å². The number of aryl methyl sites for hydroxylation is 1. The maximum absolute atomic E-state index is 12.1. The van der Waals surface area contributed by atoms with E-state index in [4.69, 9.17) is 16.9 Å². The summed E-state index contributed by atoms with van der Waals surface area (Å²) in [5, 5.41) is 24.7. The van der Waals surface area contributed by atoms with Gasteiger partial charge in [-0.1, -0.05) is 23.7 Å². The largest absolute Gasteiger partial charge is 0.508 e. The number of hydrogen-bond donors (Lipinski definition) is 3. The number of carbonyl (C=O) groups excluding carboxylic acids is 1. The van der Waals surface area contributed by atoms with E-state index >= 15 is 0 Å². The molecule has 2 aromatic carbocycles. The number of rotatable bonds is 5. The molecule has 0 radical (unpaired) electrons. The van der Waals surface area contributed by atoms with Crippen molar-refractivity contribution in [3.05, 3.63) is 70.4 Å². The van der Waals surface area contributed by atoms with Gasteiger partial charge in [0.2, 0.25) is 0 Å². The predicted octanol–water partition coefficient (Wildman–Crippen LogP) is 3.49. The van der Waals surface area contributed by atoms with Gasteiger partial charge in [0.05, 0.1) is 0 Å². The molecule has 0 spiro atoms. The van der Waals surface area contributed by atoms with E-state index in [2.05, 4.69) is 10.6 Å². The molecule has 0 aliphatic heterocycles. The Morgan fingerprint density at radius 2 is 2.00 bits per heavy atom. The number of nitrogens with one attached hydrogen (secondary N) is 2. The van der Waals surface area contributed by atoms with E-state index in [1.807, 2.05) is 13.0 Å². The van der Waals surface area contributed by atoms with Crippen molar-refractivity contribution in [2.75, 3.05) is 5.32 Å². The van der Waals surface area contributed by atoms with Crippen LogP contribution in [0.4, 0.5) is 5.69 Å². The molecule has 2 rings (SSSR count). The molecule has 6 heteroatoms. The maximum Gasteiger partial charge on any atom is 0.263 e. The predicted molar refractivity (Wildman–Crippen MR) is 93.5 cm³/mol.